The quantitative estimate of drug-likeness (QED) is 0.782. The van der Waals surface area contributed by atoms with E-state index in [2.05, 4.69) is 4.98 Å². The van der Waals surface area contributed by atoms with Crippen molar-refractivity contribution in [3.8, 4) is 10.4 Å². The van der Waals surface area contributed by atoms with Crippen molar-refractivity contribution < 1.29 is 19.1 Å². The van der Waals surface area contributed by atoms with Crippen molar-refractivity contribution >= 4 is 34.8 Å². The van der Waals surface area contributed by atoms with Gasteiger partial charge in [0, 0.05) is 29.4 Å². The summed E-state index contributed by atoms with van der Waals surface area (Å²) in [7, 11) is 0. The monoisotopic (exact) mass is 408 g/mol. The number of amides is 1. The molecule has 1 aliphatic carbocycles. The molecule has 1 N–H and O–H groups in total. The van der Waals surface area contributed by atoms with Crippen LogP contribution in [0.1, 0.15) is 36.0 Å². The number of hydrogen-bond acceptors (Lipinski definition) is 5. The van der Waals surface area contributed by atoms with E-state index in [1.165, 1.54) is 11.3 Å². The summed E-state index contributed by atoms with van der Waals surface area (Å²) in [6.45, 7) is 0.848. The molecule has 144 valence electrons. The Bertz CT molecular complexity index is 831. The molecule has 2 aliphatic rings. The molecule has 2 aromatic rings. The Morgan fingerprint density at radius 1 is 1.30 bits per heavy atom. The topological polar surface area (TPSA) is 71.6 Å². The second kappa shape index (κ2) is 8.04. The number of fused-ring (bicyclic) bond motifs is 1. The van der Waals surface area contributed by atoms with Gasteiger partial charge in [-0.05, 0) is 25.0 Å². The lowest BCUT2D eigenvalue weighted by atomic mass is 9.90. The third kappa shape index (κ3) is 3.90. The van der Waals surface area contributed by atoms with Gasteiger partial charge in [-0.2, -0.15) is 0 Å². The summed E-state index contributed by atoms with van der Waals surface area (Å²) in [6.07, 6.45) is 7.62. The van der Waals surface area contributed by atoms with E-state index in [9.17, 15) is 9.59 Å². The van der Waals surface area contributed by atoms with Gasteiger partial charge in [-0.3, -0.25) is 4.79 Å². The second-order valence-corrected chi connectivity index (χ2v) is 8.53. The molecule has 0 radical (unpaired) electrons. The Morgan fingerprint density at radius 3 is 2.96 bits per heavy atom. The fraction of sp³-hybridized carbons (Fsp3) is 0.474. The van der Waals surface area contributed by atoms with E-state index in [0.717, 1.165) is 36.1 Å². The van der Waals surface area contributed by atoms with Crippen molar-refractivity contribution in [1.82, 2.24) is 9.88 Å². The molecule has 1 aliphatic heterocycles. The summed E-state index contributed by atoms with van der Waals surface area (Å²) in [5.74, 6) is -0.669. The molecule has 0 unspecified atom stereocenters. The number of carbonyl (C=O) groups is 2. The molecule has 2 atom stereocenters. The van der Waals surface area contributed by atoms with Crippen LogP contribution in [-0.2, 0) is 14.3 Å². The molecule has 4 rings (SSSR count). The number of hydrogen-bond donors (Lipinski definition) is 1. The molecule has 6 nitrogen and oxygen atoms in total. The first-order valence-corrected chi connectivity index (χ1v) is 10.3. The van der Waals surface area contributed by atoms with Gasteiger partial charge in [0.05, 0.1) is 28.7 Å². The van der Waals surface area contributed by atoms with Gasteiger partial charge in [0.2, 0.25) is 0 Å². The highest BCUT2D eigenvalue weighted by atomic mass is 35.5. The lowest BCUT2D eigenvalue weighted by Gasteiger charge is -2.43. The SMILES string of the molecule is O=C(OCC(=O)N1CCO[C@H]2CCCC[C@@H]21)c1c[nH]cc1-c1ccc(Cl)s1. The van der Waals surface area contributed by atoms with E-state index in [1.807, 2.05) is 11.0 Å². The molecule has 2 aromatic heterocycles. The number of H-pyrrole nitrogens is 1. The molecule has 0 aromatic carbocycles. The number of carbonyl (C=O) groups excluding carboxylic acids is 2. The lowest BCUT2D eigenvalue weighted by molar-refractivity contribution is -0.152. The Balaban J connectivity index is 1.39. The highest BCUT2D eigenvalue weighted by Gasteiger charge is 2.36. The van der Waals surface area contributed by atoms with Crippen molar-refractivity contribution in [2.45, 2.75) is 37.8 Å². The molecule has 1 saturated heterocycles. The summed E-state index contributed by atoms with van der Waals surface area (Å²) >= 11 is 7.37. The molecule has 8 heteroatoms. The van der Waals surface area contributed by atoms with Gasteiger partial charge in [-0.1, -0.05) is 24.4 Å². The largest absolute Gasteiger partial charge is 0.452 e. The first kappa shape index (κ1) is 18.5. The first-order chi connectivity index (χ1) is 13.1. The molecule has 0 bridgehead atoms. The van der Waals surface area contributed by atoms with Crippen LogP contribution in [-0.4, -0.2) is 53.7 Å². The maximum Gasteiger partial charge on any atom is 0.340 e. The number of esters is 1. The predicted molar refractivity (Wildman–Crippen MR) is 103 cm³/mol. The number of morpholine rings is 1. The van der Waals surface area contributed by atoms with Crippen LogP contribution >= 0.6 is 22.9 Å². The Morgan fingerprint density at radius 2 is 2.15 bits per heavy atom. The summed E-state index contributed by atoms with van der Waals surface area (Å²) in [5.41, 5.74) is 1.13. The fourth-order valence-electron chi connectivity index (χ4n) is 3.89. The third-order valence-corrected chi connectivity index (χ3v) is 6.45. The molecule has 0 spiro atoms. The van der Waals surface area contributed by atoms with Crippen LogP contribution in [0.15, 0.2) is 24.5 Å². The number of thiophene rings is 1. The molecule has 3 heterocycles. The van der Waals surface area contributed by atoms with E-state index in [-0.39, 0.29) is 24.7 Å². The highest BCUT2D eigenvalue weighted by molar-refractivity contribution is 7.19. The van der Waals surface area contributed by atoms with Crippen molar-refractivity contribution in [2.75, 3.05) is 19.8 Å². The third-order valence-electron chi connectivity index (χ3n) is 5.18. The molecule has 2 fully saturated rings. The van der Waals surface area contributed by atoms with E-state index >= 15 is 0 Å². The number of halogens is 1. The van der Waals surface area contributed by atoms with Crippen LogP contribution in [0.5, 0.6) is 0 Å². The average molecular weight is 409 g/mol. The molecule has 1 amide bonds. The van der Waals surface area contributed by atoms with Crippen LogP contribution in [0.3, 0.4) is 0 Å². The van der Waals surface area contributed by atoms with E-state index in [1.54, 1.807) is 18.5 Å². The molecular weight excluding hydrogens is 388 g/mol. The summed E-state index contributed by atoms with van der Waals surface area (Å²) in [5, 5.41) is 0. The van der Waals surface area contributed by atoms with E-state index < -0.39 is 5.97 Å². The number of rotatable bonds is 4. The van der Waals surface area contributed by atoms with Gasteiger partial charge < -0.3 is 19.4 Å². The van der Waals surface area contributed by atoms with Gasteiger partial charge in [-0.25, -0.2) is 4.79 Å². The zero-order chi connectivity index (χ0) is 18.8. The summed E-state index contributed by atoms with van der Waals surface area (Å²) < 4.78 is 11.8. The zero-order valence-electron chi connectivity index (χ0n) is 14.8. The van der Waals surface area contributed by atoms with Gasteiger partial charge in [0.1, 0.15) is 0 Å². The standard InChI is InChI=1S/C19H21ClN2O4S/c20-17-6-5-16(27-17)12-9-21-10-13(12)19(24)26-11-18(23)22-7-8-25-15-4-2-1-3-14(15)22/h5-6,9-10,14-15,21H,1-4,7-8,11H2/t14-,15-/m0/s1. The minimum atomic E-state index is -0.516. The smallest absolute Gasteiger partial charge is 0.340 e. The maximum absolute atomic E-state index is 12.7. The Kier molecular flexibility index (Phi) is 5.52. The van der Waals surface area contributed by atoms with E-state index in [4.69, 9.17) is 21.1 Å². The summed E-state index contributed by atoms with van der Waals surface area (Å²) in [4.78, 5) is 30.8. The fourth-order valence-corrected chi connectivity index (χ4v) is 4.96. The van der Waals surface area contributed by atoms with E-state index in [0.29, 0.717) is 23.1 Å². The van der Waals surface area contributed by atoms with Crippen LogP contribution in [0.4, 0.5) is 0 Å². The van der Waals surface area contributed by atoms with Gasteiger partial charge in [0.15, 0.2) is 6.61 Å². The number of nitrogens with zero attached hydrogens (tertiary/aromatic N) is 1. The van der Waals surface area contributed by atoms with Crippen molar-refractivity contribution in [3.05, 3.63) is 34.4 Å². The van der Waals surface area contributed by atoms with Crippen molar-refractivity contribution in [1.29, 1.82) is 0 Å². The highest BCUT2D eigenvalue weighted by Crippen LogP contribution is 2.33. The minimum absolute atomic E-state index is 0.106. The number of aromatic amines is 1. The zero-order valence-corrected chi connectivity index (χ0v) is 16.4. The van der Waals surface area contributed by atoms with Crippen LogP contribution < -0.4 is 0 Å². The van der Waals surface area contributed by atoms with Crippen molar-refractivity contribution in [3.63, 3.8) is 0 Å². The normalized spacial score (nSPS) is 22.3. The van der Waals surface area contributed by atoms with Crippen LogP contribution in [0.25, 0.3) is 10.4 Å². The Labute approximate surface area is 166 Å². The first-order valence-electron chi connectivity index (χ1n) is 9.14. The Hall–Kier alpha value is -1.83. The molecule has 27 heavy (non-hydrogen) atoms. The summed E-state index contributed by atoms with van der Waals surface area (Å²) in [6, 6.07) is 3.75. The lowest BCUT2D eigenvalue weighted by Crippen LogP contribution is -2.55. The molecular formula is C19H21ClN2O4S. The second-order valence-electron chi connectivity index (χ2n) is 6.81. The van der Waals surface area contributed by atoms with Gasteiger partial charge in [0.25, 0.3) is 5.91 Å². The van der Waals surface area contributed by atoms with Gasteiger partial charge in [-0.15, -0.1) is 11.3 Å². The van der Waals surface area contributed by atoms with Crippen LogP contribution in [0, 0.1) is 0 Å². The predicted octanol–water partition coefficient (Wildman–Crippen LogP) is 3.72. The number of ether oxygens (including phenoxy) is 2. The molecule has 1 saturated carbocycles. The number of aromatic nitrogens is 1. The number of nitrogens with one attached hydrogen (secondary N) is 1. The van der Waals surface area contributed by atoms with Crippen molar-refractivity contribution in [2.24, 2.45) is 0 Å². The van der Waals surface area contributed by atoms with Crippen LogP contribution in [0.2, 0.25) is 4.34 Å². The van der Waals surface area contributed by atoms with Gasteiger partial charge >= 0.3 is 5.97 Å². The average Bonchev–Trinajstić information content (AvgIpc) is 3.34. The minimum Gasteiger partial charge on any atom is -0.452 e. The maximum atomic E-state index is 12.7.